The smallest absolute Gasteiger partial charge is 0.390 e. The van der Waals surface area contributed by atoms with Crippen molar-refractivity contribution in [2.24, 2.45) is 0 Å². The normalized spacial score (nSPS) is 15.1. The van der Waals surface area contributed by atoms with Crippen LogP contribution in [-0.4, -0.2) is 36.4 Å². The highest BCUT2D eigenvalue weighted by molar-refractivity contribution is 5.37. The summed E-state index contributed by atoms with van der Waals surface area (Å²) in [7, 11) is 0. The minimum Gasteiger partial charge on any atom is -0.390 e. The van der Waals surface area contributed by atoms with Crippen LogP contribution in [0.1, 0.15) is 17.3 Å². The Labute approximate surface area is 117 Å². The number of hydrogen-bond donors (Lipinski definition) is 1. The molecule has 1 N–H and O–H groups in total. The number of halogens is 3. The van der Waals surface area contributed by atoms with E-state index in [0.717, 1.165) is 4.57 Å². The number of fused-ring (bicyclic) bond motifs is 1. The lowest BCUT2D eigenvalue weighted by Crippen LogP contribution is -2.35. The molecule has 0 saturated heterocycles. The minimum absolute atomic E-state index is 0.126. The van der Waals surface area contributed by atoms with Crippen LogP contribution in [0.3, 0.4) is 0 Å². The maximum absolute atomic E-state index is 12.7. The number of rotatable bonds is 2. The van der Waals surface area contributed by atoms with E-state index in [9.17, 15) is 13.2 Å². The summed E-state index contributed by atoms with van der Waals surface area (Å²) in [5.74, 6) is -0.213. The van der Waals surface area contributed by atoms with E-state index >= 15 is 0 Å². The van der Waals surface area contributed by atoms with E-state index in [1.54, 1.807) is 4.90 Å². The van der Waals surface area contributed by atoms with Gasteiger partial charge in [0, 0.05) is 13.1 Å². The van der Waals surface area contributed by atoms with Crippen molar-refractivity contribution in [3.05, 3.63) is 29.7 Å². The third-order valence-electron chi connectivity index (χ3n) is 3.18. The van der Waals surface area contributed by atoms with Gasteiger partial charge in [-0.25, -0.2) is 4.98 Å². The highest BCUT2D eigenvalue weighted by Crippen LogP contribution is 2.29. The Bertz CT molecular complexity index is 638. The molecular formula is C11H11F3N6O. The lowest BCUT2D eigenvalue weighted by atomic mass is 10.3. The van der Waals surface area contributed by atoms with Gasteiger partial charge in [0.15, 0.2) is 5.82 Å². The van der Waals surface area contributed by atoms with Crippen LogP contribution in [0.25, 0.3) is 0 Å². The molecule has 2 aromatic rings. The largest absolute Gasteiger partial charge is 0.451 e. The molecule has 0 fully saturated rings. The summed E-state index contributed by atoms with van der Waals surface area (Å²) in [4.78, 5) is 9.88. The Morgan fingerprint density at radius 1 is 1.14 bits per heavy atom. The Kier molecular flexibility index (Phi) is 3.24. The molecule has 2 aromatic heterocycles. The zero-order valence-corrected chi connectivity index (χ0v) is 10.7. The molecule has 0 aromatic carbocycles. The van der Waals surface area contributed by atoms with Gasteiger partial charge in [0.25, 0.3) is 0 Å². The molecule has 112 valence electrons. The molecule has 1 aliphatic heterocycles. The Hall–Kier alpha value is -2.23. The maximum atomic E-state index is 12.7. The molecule has 0 atom stereocenters. The van der Waals surface area contributed by atoms with E-state index in [1.807, 2.05) is 0 Å². The zero-order valence-electron chi connectivity index (χ0n) is 10.7. The first-order valence-electron chi connectivity index (χ1n) is 6.15. The molecule has 10 heteroatoms. The summed E-state index contributed by atoms with van der Waals surface area (Å²) >= 11 is 0. The van der Waals surface area contributed by atoms with Crippen LogP contribution in [-0.2, 0) is 25.9 Å². The molecule has 21 heavy (non-hydrogen) atoms. The topological polar surface area (TPSA) is 80.0 Å². The number of alkyl halides is 3. The number of anilines is 1. The van der Waals surface area contributed by atoms with Crippen molar-refractivity contribution in [3.8, 4) is 0 Å². The summed E-state index contributed by atoms with van der Waals surface area (Å²) in [5.41, 5.74) is 0.429. The SMILES string of the molecule is OCc1cnc(N2CCn3c(nnc3C(F)(F)F)C2)cn1. The van der Waals surface area contributed by atoms with E-state index < -0.39 is 12.0 Å². The highest BCUT2D eigenvalue weighted by atomic mass is 19.4. The fraction of sp³-hybridized carbons (Fsp3) is 0.455. The van der Waals surface area contributed by atoms with Gasteiger partial charge in [-0.1, -0.05) is 0 Å². The number of aliphatic hydroxyl groups excluding tert-OH is 1. The molecule has 0 bridgehead atoms. The summed E-state index contributed by atoms with van der Waals surface area (Å²) in [6, 6.07) is 0. The Morgan fingerprint density at radius 2 is 1.95 bits per heavy atom. The third kappa shape index (κ3) is 2.53. The number of hydrogen-bond acceptors (Lipinski definition) is 6. The second-order valence-electron chi connectivity index (χ2n) is 4.53. The molecule has 0 spiro atoms. The Morgan fingerprint density at radius 3 is 2.57 bits per heavy atom. The van der Waals surface area contributed by atoms with Gasteiger partial charge in [0.05, 0.1) is 31.2 Å². The fourth-order valence-electron chi connectivity index (χ4n) is 2.16. The Balaban J connectivity index is 1.83. The summed E-state index contributed by atoms with van der Waals surface area (Å²) < 4.78 is 39.3. The highest BCUT2D eigenvalue weighted by Gasteiger charge is 2.39. The summed E-state index contributed by atoms with van der Waals surface area (Å²) in [6.45, 7) is 0.439. The number of aliphatic hydroxyl groups is 1. The fourth-order valence-corrected chi connectivity index (χ4v) is 2.16. The van der Waals surface area contributed by atoms with Crippen molar-refractivity contribution in [1.82, 2.24) is 24.7 Å². The van der Waals surface area contributed by atoms with Gasteiger partial charge >= 0.3 is 6.18 Å². The second kappa shape index (κ2) is 4.95. The lowest BCUT2D eigenvalue weighted by Gasteiger charge is -2.28. The van der Waals surface area contributed by atoms with Crippen LogP contribution in [0.4, 0.5) is 19.0 Å². The molecule has 3 heterocycles. The van der Waals surface area contributed by atoms with E-state index in [1.165, 1.54) is 12.4 Å². The molecule has 0 radical (unpaired) electrons. The van der Waals surface area contributed by atoms with E-state index in [2.05, 4.69) is 20.2 Å². The van der Waals surface area contributed by atoms with Crippen molar-refractivity contribution in [1.29, 1.82) is 0 Å². The average Bonchev–Trinajstić information content (AvgIpc) is 2.90. The van der Waals surface area contributed by atoms with Crippen molar-refractivity contribution in [2.45, 2.75) is 25.9 Å². The molecule has 0 amide bonds. The predicted octanol–water partition coefficient (Wildman–Crippen LogP) is 0.599. The number of aromatic nitrogens is 5. The van der Waals surface area contributed by atoms with Gasteiger partial charge in [-0.05, 0) is 0 Å². The standard InChI is InChI=1S/C11H11F3N6O/c12-11(13,14)10-18-17-9-5-19(1-2-20(9)10)8-4-15-7(6-21)3-16-8/h3-4,21H,1-2,5-6H2. The summed E-state index contributed by atoms with van der Waals surface area (Å²) in [5, 5.41) is 15.7. The van der Waals surface area contributed by atoms with E-state index in [0.29, 0.717) is 18.1 Å². The second-order valence-corrected chi connectivity index (χ2v) is 4.53. The molecule has 7 nitrogen and oxygen atoms in total. The maximum Gasteiger partial charge on any atom is 0.451 e. The van der Waals surface area contributed by atoms with Gasteiger partial charge in [-0.15, -0.1) is 10.2 Å². The molecule has 1 aliphatic rings. The van der Waals surface area contributed by atoms with Crippen LogP contribution >= 0.6 is 0 Å². The zero-order chi connectivity index (χ0) is 15.0. The van der Waals surface area contributed by atoms with Crippen LogP contribution in [0.15, 0.2) is 12.4 Å². The first-order chi connectivity index (χ1) is 9.99. The predicted molar refractivity (Wildman–Crippen MR) is 64.0 cm³/mol. The van der Waals surface area contributed by atoms with Gasteiger partial charge in [-0.3, -0.25) is 4.98 Å². The van der Waals surface area contributed by atoms with Crippen molar-refractivity contribution in [2.75, 3.05) is 11.4 Å². The molecule has 0 aliphatic carbocycles. The monoisotopic (exact) mass is 300 g/mol. The van der Waals surface area contributed by atoms with Gasteiger partial charge < -0.3 is 14.6 Å². The van der Waals surface area contributed by atoms with Gasteiger partial charge in [-0.2, -0.15) is 13.2 Å². The van der Waals surface area contributed by atoms with Crippen molar-refractivity contribution < 1.29 is 18.3 Å². The van der Waals surface area contributed by atoms with E-state index in [4.69, 9.17) is 5.11 Å². The molecular weight excluding hydrogens is 289 g/mol. The quantitative estimate of drug-likeness (QED) is 0.875. The van der Waals surface area contributed by atoms with Crippen molar-refractivity contribution >= 4 is 5.82 Å². The summed E-state index contributed by atoms with van der Waals surface area (Å²) in [6.07, 6.45) is -1.60. The van der Waals surface area contributed by atoms with Gasteiger partial charge in [0.1, 0.15) is 5.82 Å². The third-order valence-corrected chi connectivity index (χ3v) is 3.18. The number of nitrogens with zero attached hydrogens (tertiary/aromatic N) is 6. The molecule has 0 saturated carbocycles. The van der Waals surface area contributed by atoms with E-state index in [-0.39, 0.29) is 25.5 Å². The molecule has 3 rings (SSSR count). The first-order valence-corrected chi connectivity index (χ1v) is 6.15. The van der Waals surface area contributed by atoms with Crippen LogP contribution in [0.2, 0.25) is 0 Å². The van der Waals surface area contributed by atoms with Crippen LogP contribution in [0.5, 0.6) is 0 Å². The van der Waals surface area contributed by atoms with Crippen LogP contribution in [0, 0.1) is 0 Å². The lowest BCUT2D eigenvalue weighted by molar-refractivity contribution is -0.147. The average molecular weight is 300 g/mol. The molecule has 0 unspecified atom stereocenters. The van der Waals surface area contributed by atoms with Gasteiger partial charge in [0.2, 0.25) is 5.82 Å². The first kappa shape index (κ1) is 13.7. The van der Waals surface area contributed by atoms with Crippen molar-refractivity contribution in [3.63, 3.8) is 0 Å². The minimum atomic E-state index is -4.50. The van der Waals surface area contributed by atoms with Crippen LogP contribution < -0.4 is 4.90 Å².